The lowest BCUT2D eigenvalue weighted by Crippen LogP contribution is -2.21. The van der Waals surface area contributed by atoms with Gasteiger partial charge in [-0.1, -0.05) is 24.6 Å². The topological polar surface area (TPSA) is 64.6 Å². The van der Waals surface area contributed by atoms with Gasteiger partial charge in [0, 0.05) is 5.69 Å². The van der Waals surface area contributed by atoms with Crippen LogP contribution >= 0.6 is 0 Å². The molecule has 2 aromatic rings. The standard InChI is InChI=1S/C20H21NO4/c1-13-3-7-16(8-4-13)25-17-9-5-15(6-10-17)21-19(22)12-24-20(23)18-11-14(18)2/h3-10,14,18H,11-12H2,1-2H3,(H,21,22)/t14-,18-/m1/s1. The number of nitrogens with one attached hydrogen (secondary N) is 1. The van der Waals surface area contributed by atoms with E-state index in [-0.39, 0.29) is 24.4 Å². The fourth-order valence-electron chi connectivity index (χ4n) is 2.44. The number of anilines is 1. The van der Waals surface area contributed by atoms with Crippen LogP contribution in [0.2, 0.25) is 0 Å². The molecule has 25 heavy (non-hydrogen) atoms. The molecule has 1 aliphatic rings. The summed E-state index contributed by atoms with van der Waals surface area (Å²) < 4.78 is 10.7. The summed E-state index contributed by atoms with van der Waals surface area (Å²) in [5.41, 5.74) is 1.79. The Balaban J connectivity index is 1.47. The highest BCUT2D eigenvalue weighted by Gasteiger charge is 2.40. The predicted octanol–water partition coefficient (Wildman–Crippen LogP) is 3.93. The average molecular weight is 339 g/mol. The molecular formula is C20H21NO4. The maximum Gasteiger partial charge on any atom is 0.309 e. The molecule has 0 bridgehead atoms. The van der Waals surface area contributed by atoms with E-state index >= 15 is 0 Å². The van der Waals surface area contributed by atoms with Gasteiger partial charge in [-0.2, -0.15) is 0 Å². The molecule has 1 N–H and O–H groups in total. The molecule has 0 heterocycles. The van der Waals surface area contributed by atoms with Gasteiger partial charge < -0.3 is 14.8 Å². The fraction of sp³-hybridized carbons (Fsp3) is 0.300. The minimum atomic E-state index is -0.353. The van der Waals surface area contributed by atoms with Crippen molar-refractivity contribution in [3.05, 3.63) is 54.1 Å². The molecule has 1 fully saturated rings. The predicted molar refractivity (Wildman–Crippen MR) is 94.6 cm³/mol. The molecule has 1 amide bonds. The van der Waals surface area contributed by atoms with Crippen LogP contribution in [-0.2, 0) is 14.3 Å². The first-order chi connectivity index (χ1) is 12.0. The molecule has 130 valence electrons. The number of aryl methyl sites for hydroxylation is 1. The third-order valence-corrected chi connectivity index (χ3v) is 4.15. The van der Waals surface area contributed by atoms with Crippen molar-refractivity contribution in [2.75, 3.05) is 11.9 Å². The Kier molecular flexibility index (Phi) is 5.03. The summed E-state index contributed by atoms with van der Waals surface area (Å²) in [5, 5.41) is 2.69. The van der Waals surface area contributed by atoms with E-state index in [4.69, 9.17) is 9.47 Å². The molecule has 0 aromatic heterocycles. The fourth-order valence-corrected chi connectivity index (χ4v) is 2.44. The van der Waals surface area contributed by atoms with E-state index in [1.54, 1.807) is 24.3 Å². The van der Waals surface area contributed by atoms with Crippen molar-refractivity contribution in [2.45, 2.75) is 20.3 Å². The third-order valence-electron chi connectivity index (χ3n) is 4.15. The average Bonchev–Trinajstić information content (AvgIpc) is 3.33. The number of esters is 1. The first kappa shape index (κ1) is 17.0. The largest absolute Gasteiger partial charge is 0.457 e. The Morgan fingerprint density at radius 2 is 1.60 bits per heavy atom. The zero-order valence-corrected chi connectivity index (χ0v) is 14.3. The molecule has 1 saturated carbocycles. The molecule has 0 saturated heterocycles. The summed E-state index contributed by atoms with van der Waals surface area (Å²) >= 11 is 0. The molecule has 2 aromatic carbocycles. The minimum absolute atomic E-state index is 0.0361. The Morgan fingerprint density at radius 3 is 2.16 bits per heavy atom. The molecule has 0 radical (unpaired) electrons. The van der Waals surface area contributed by atoms with Crippen molar-refractivity contribution in [3.8, 4) is 11.5 Å². The van der Waals surface area contributed by atoms with E-state index in [0.29, 0.717) is 17.4 Å². The van der Waals surface area contributed by atoms with Crippen molar-refractivity contribution in [1.82, 2.24) is 0 Å². The van der Waals surface area contributed by atoms with E-state index in [1.807, 2.05) is 38.1 Å². The Hall–Kier alpha value is -2.82. The van der Waals surface area contributed by atoms with Gasteiger partial charge in [0.1, 0.15) is 11.5 Å². The van der Waals surface area contributed by atoms with Gasteiger partial charge in [0.2, 0.25) is 0 Å². The second kappa shape index (κ2) is 7.38. The molecule has 0 spiro atoms. The second-order valence-electron chi connectivity index (χ2n) is 6.41. The number of ether oxygens (including phenoxy) is 2. The SMILES string of the molecule is Cc1ccc(Oc2ccc(NC(=O)COC(=O)[C@@H]3C[C@H]3C)cc2)cc1. The summed E-state index contributed by atoms with van der Waals surface area (Å²) in [5.74, 6) is 1.13. The number of carbonyl (C=O) groups is 2. The van der Waals surface area contributed by atoms with Gasteiger partial charge in [-0.05, 0) is 55.7 Å². The van der Waals surface area contributed by atoms with Crippen LogP contribution in [0.1, 0.15) is 18.9 Å². The van der Waals surface area contributed by atoms with Crippen molar-refractivity contribution < 1.29 is 19.1 Å². The highest BCUT2D eigenvalue weighted by molar-refractivity contribution is 5.93. The van der Waals surface area contributed by atoms with Crippen LogP contribution < -0.4 is 10.1 Å². The van der Waals surface area contributed by atoms with Crippen LogP contribution in [0.5, 0.6) is 11.5 Å². The maximum absolute atomic E-state index is 11.8. The number of amides is 1. The highest BCUT2D eigenvalue weighted by Crippen LogP contribution is 2.38. The van der Waals surface area contributed by atoms with E-state index < -0.39 is 0 Å². The number of carbonyl (C=O) groups excluding carboxylic acids is 2. The van der Waals surface area contributed by atoms with Crippen molar-refractivity contribution >= 4 is 17.6 Å². The molecule has 5 heteroatoms. The van der Waals surface area contributed by atoms with Crippen LogP contribution in [0, 0.1) is 18.8 Å². The maximum atomic E-state index is 11.8. The van der Waals surface area contributed by atoms with Gasteiger partial charge in [0.15, 0.2) is 6.61 Å². The summed E-state index contributed by atoms with van der Waals surface area (Å²) in [6.45, 7) is 3.75. The van der Waals surface area contributed by atoms with Crippen molar-refractivity contribution in [3.63, 3.8) is 0 Å². The lowest BCUT2D eigenvalue weighted by atomic mass is 10.2. The second-order valence-corrected chi connectivity index (χ2v) is 6.41. The van der Waals surface area contributed by atoms with Gasteiger partial charge in [0.05, 0.1) is 5.92 Å². The van der Waals surface area contributed by atoms with Gasteiger partial charge in [0.25, 0.3) is 5.91 Å². The Morgan fingerprint density at radius 1 is 1.04 bits per heavy atom. The van der Waals surface area contributed by atoms with Gasteiger partial charge in [-0.3, -0.25) is 9.59 Å². The molecule has 0 aliphatic heterocycles. The summed E-state index contributed by atoms with van der Waals surface area (Å²) in [6.07, 6.45) is 0.850. The monoisotopic (exact) mass is 339 g/mol. The summed E-state index contributed by atoms with van der Waals surface area (Å²) in [7, 11) is 0. The van der Waals surface area contributed by atoms with Crippen LogP contribution in [0.15, 0.2) is 48.5 Å². The zero-order chi connectivity index (χ0) is 17.8. The Bertz CT molecular complexity index is 752. The first-order valence-corrected chi connectivity index (χ1v) is 8.32. The lowest BCUT2D eigenvalue weighted by Gasteiger charge is -2.09. The van der Waals surface area contributed by atoms with Crippen LogP contribution in [-0.4, -0.2) is 18.5 Å². The highest BCUT2D eigenvalue weighted by atomic mass is 16.5. The lowest BCUT2D eigenvalue weighted by molar-refractivity contribution is -0.148. The zero-order valence-electron chi connectivity index (χ0n) is 14.3. The van der Waals surface area contributed by atoms with Crippen molar-refractivity contribution in [1.29, 1.82) is 0 Å². The molecule has 1 aliphatic carbocycles. The number of hydrogen-bond donors (Lipinski definition) is 1. The quantitative estimate of drug-likeness (QED) is 0.810. The normalized spacial score (nSPS) is 18.3. The smallest absolute Gasteiger partial charge is 0.309 e. The first-order valence-electron chi connectivity index (χ1n) is 8.32. The van der Waals surface area contributed by atoms with Crippen molar-refractivity contribution in [2.24, 2.45) is 11.8 Å². The van der Waals surface area contributed by atoms with E-state index in [0.717, 1.165) is 12.2 Å². The number of hydrogen-bond acceptors (Lipinski definition) is 4. The molecule has 0 unspecified atom stereocenters. The van der Waals surface area contributed by atoms with E-state index in [9.17, 15) is 9.59 Å². The van der Waals surface area contributed by atoms with Crippen LogP contribution in [0.4, 0.5) is 5.69 Å². The summed E-state index contributed by atoms with van der Waals surface area (Å²) in [4.78, 5) is 23.4. The van der Waals surface area contributed by atoms with Crippen LogP contribution in [0.3, 0.4) is 0 Å². The van der Waals surface area contributed by atoms with E-state index in [2.05, 4.69) is 5.32 Å². The van der Waals surface area contributed by atoms with Crippen LogP contribution in [0.25, 0.3) is 0 Å². The molecule has 5 nitrogen and oxygen atoms in total. The van der Waals surface area contributed by atoms with E-state index in [1.165, 1.54) is 5.56 Å². The number of benzene rings is 2. The van der Waals surface area contributed by atoms with Gasteiger partial charge >= 0.3 is 5.97 Å². The number of rotatable bonds is 6. The Labute approximate surface area is 147 Å². The third kappa shape index (κ3) is 4.83. The van der Waals surface area contributed by atoms with Gasteiger partial charge in [-0.15, -0.1) is 0 Å². The summed E-state index contributed by atoms with van der Waals surface area (Å²) in [6, 6.07) is 14.8. The minimum Gasteiger partial charge on any atom is -0.457 e. The van der Waals surface area contributed by atoms with Gasteiger partial charge in [-0.25, -0.2) is 0 Å². The molecule has 2 atom stereocenters. The molecule has 3 rings (SSSR count). The molecular weight excluding hydrogens is 318 g/mol.